The van der Waals surface area contributed by atoms with Gasteiger partial charge in [-0.2, -0.15) is 0 Å². The molecule has 0 spiro atoms. The lowest BCUT2D eigenvalue weighted by Crippen LogP contribution is -2.25. The molecule has 106 valence electrons. The first kappa shape index (κ1) is 15.5. The molecule has 0 aliphatic heterocycles. The molecular weight excluding hydrogens is 339 g/mol. The molecule has 0 bridgehead atoms. The van der Waals surface area contributed by atoms with E-state index in [1.165, 1.54) is 12.1 Å². The number of nitrogens with zero attached hydrogens (tertiary/aromatic N) is 1. The van der Waals surface area contributed by atoms with Crippen LogP contribution in [-0.4, -0.2) is 11.0 Å². The molecular formula is C15H16BrFN2S. The van der Waals surface area contributed by atoms with Gasteiger partial charge in [-0.3, -0.25) is 0 Å². The number of nitrogens with two attached hydrogens (primary N) is 1. The Morgan fingerprint density at radius 3 is 2.60 bits per heavy atom. The monoisotopic (exact) mass is 354 g/mol. The first-order chi connectivity index (χ1) is 9.61. The van der Waals surface area contributed by atoms with E-state index in [9.17, 15) is 4.39 Å². The van der Waals surface area contributed by atoms with Gasteiger partial charge in [0, 0.05) is 16.7 Å². The zero-order valence-electron chi connectivity index (χ0n) is 11.1. The minimum Gasteiger partial charge on any atom is -0.326 e. The highest BCUT2D eigenvalue weighted by Gasteiger charge is 2.21. The Labute approximate surface area is 131 Å². The fourth-order valence-corrected chi connectivity index (χ4v) is 3.59. The topological polar surface area (TPSA) is 38.9 Å². The summed E-state index contributed by atoms with van der Waals surface area (Å²) >= 11 is 5.10. The Morgan fingerprint density at radius 1 is 1.30 bits per heavy atom. The lowest BCUT2D eigenvalue weighted by Gasteiger charge is -2.23. The van der Waals surface area contributed by atoms with E-state index in [1.807, 2.05) is 12.1 Å². The summed E-state index contributed by atoms with van der Waals surface area (Å²) in [7, 11) is 0. The molecule has 2 unspecified atom stereocenters. The van der Waals surface area contributed by atoms with Gasteiger partial charge in [-0.25, -0.2) is 9.37 Å². The summed E-state index contributed by atoms with van der Waals surface area (Å²) < 4.78 is 14.0. The van der Waals surface area contributed by atoms with Crippen LogP contribution in [0.3, 0.4) is 0 Å². The summed E-state index contributed by atoms with van der Waals surface area (Å²) in [4.78, 5) is 4.36. The zero-order chi connectivity index (χ0) is 14.5. The predicted molar refractivity (Wildman–Crippen MR) is 85.2 cm³/mol. The van der Waals surface area contributed by atoms with Crippen LogP contribution >= 0.6 is 27.7 Å². The third-order valence-electron chi connectivity index (χ3n) is 3.02. The van der Waals surface area contributed by atoms with Crippen LogP contribution in [0.15, 0.2) is 52.1 Å². The van der Waals surface area contributed by atoms with Crippen molar-refractivity contribution in [2.75, 3.05) is 0 Å². The number of halogens is 2. The summed E-state index contributed by atoms with van der Waals surface area (Å²) in [6.45, 7) is 2.05. The average molecular weight is 355 g/mol. The van der Waals surface area contributed by atoms with E-state index < -0.39 is 0 Å². The van der Waals surface area contributed by atoms with Crippen LogP contribution in [0.5, 0.6) is 0 Å². The highest BCUT2D eigenvalue weighted by atomic mass is 79.9. The summed E-state index contributed by atoms with van der Waals surface area (Å²) in [6, 6.07) is 10.3. The first-order valence-corrected chi connectivity index (χ1v) is 8.07. The Balaban J connectivity index is 2.29. The average Bonchev–Trinajstić information content (AvgIpc) is 2.47. The van der Waals surface area contributed by atoms with Gasteiger partial charge in [0.05, 0.1) is 5.25 Å². The van der Waals surface area contributed by atoms with Crippen molar-refractivity contribution in [3.8, 4) is 0 Å². The van der Waals surface area contributed by atoms with E-state index in [2.05, 4.69) is 27.8 Å². The summed E-state index contributed by atoms with van der Waals surface area (Å²) in [5, 5.41) is 0.942. The van der Waals surface area contributed by atoms with Crippen molar-refractivity contribution < 1.29 is 4.39 Å². The fourth-order valence-electron chi connectivity index (χ4n) is 1.85. The Hall–Kier alpha value is -0.910. The van der Waals surface area contributed by atoms with Crippen LogP contribution in [-0.2, 0) is 0 Å². The minimum atomic E-state index is -0.235. The minimum absolute atomic E-state index is 0.0145. The van der Waals surface area contributed by atoms with Crippen LogP contribution < -0.4 is 5.73 Å². The smallest absolute Gasteiger partial charge is 0.123 e. The Morgan fingerprint density at radius 2 is 2.00 bits per heavy atom. The summed E-state index contributed by atoms with van der Waals surface area (Å²) in [5.74, 6) is -0.235. The van der Waals surface area contributed by atoms with Gasteiger partial charge in [0.25, 0.3) is 0 Å². The third-order valence-corrected chi connectivity index (χ3v) is 5.35. The molecule has 2 nitrogen and oxygen atoms in total. The quantitative estimate of drug-likeness (QED) is 0.800. The van der Waals surface area contributed by atoms with Crippen molar-refractivity contribution >= 4 is 27.7 Å². The molecule has 0 aliphatic rings. The largest absolute Gasteiger partial charge is 0.326 e. The maximum atomic E-state index is 13.1. The van der Waals surface area contributed by atoms with E-state index in [-0.39, 0.29) is 17.1 Å². The predicted octanol–water partition coefficient (Wildman–Crippen LogP) is 4.55. The van der Waals surface area contributed by atoms with Crippen LogP contribution in [0.2, 0.25) is 0 Å². The lowest BCUT2D eigenvalue weighted by molar-refractivity contribution is 0.617. The lowest BCUT2D eigenvalue weighted by atomic mass is 10.0. The first-order valence-electron chi connectivity index (χ1n) is 6.40. The maximum absolute atomic E-state index is 13.1. The van der Waals surface area contributed by atoms with Crippen molar-refractivity contribution in [3.63, 3.8) is 0 Å². The van der Waals surface area contributed by atoms with Crippen LogP contribution in [0.1, 0.15) is 24.2 Å². The number of aromatic nitrogens is 1. The molecule has 5 heteroatoms. The maximum Gasteiger partial charge on any atom is 0.123 e. The number of thioether (sulfide) groups is 1. The van der Waals surface area contributed by atoms with Gasteiger partial charge in [-0.15, -0.1) is 0 Å². The molecule has 0 aliphatic carbocycles. The van der Waals surface area contributed by atoms with Gasteiger partial charge >= 0.3 is 0 Å². The van der Waals surface area contributed by atoms with Crippen molar-refractivity contribution in [2.45, 2.75) is 29.7 Å². The molecule has 1 aromatic carbocycles. The molecule has 0 saturated carbocycles. The van der Waals surface area contributed by atoms with Crippen molar-refractivity contribution in [2.24, 2.45) is 5.73 Å². The highest BCUT2D eigenvalue weighted by molar-refractivity contribution is 9.10. The second-order valence-corrected chi connectivity index (χ2v) is 6.44. The molecule has 1 heterocycles. The van der Waals surface area contributed by atoms with E-state index in [4.69, 9.17) is 5.73 Å². The SMILES string of the molecule is CCC(N)C(Sc1ncccc1Br)c1ccc(F)cc1. The second-order valence-electron chi connectivity index (χ2n) is 4.45. The van der Waals surface area contributed by atoms with Gasteiger partial charge in [0.2, 0.25) is 0 Å². The fraction of sp³-hybridized carbons (Fsp3) is 0.267. The van der Waals surface area contributed by atoms with Gasteiger partial charge in [0.15, 0.2) is 0 Å². The molecule has 2 N–H and O–H groups in total. The van der Waals surface area contributed by atoms with Crippen LogP contribution in [0, 0.1) is 5.82 Å². The van der Waals surface area contributed by atoms with Gasteiger partial charge in [0.1, 0.15) is 10.8 Å². The number of pyridine rings is 1. The van der Waals surface area contributed by atoms with E-state index >= 15 is 0 Å². The van der Waals surface area contributed by atoms with Crippen molar-refractivity contribution in [1.82, 2.24) is 4.98 Å². The molecule has 2 aromatic rings. The highest BCUT2D eigenvalue weighted by Crippen LogP contribution is 2.39. The zero-order valence-corrected chi connectivity index (χ0v) is 13.5. The van der Waals surface area contributed by atoms with E-state index in [1.54, 1.807) is 30.1 Å². The number of rotatable bonds is 5. The number of hydrogen-bond donors (Lipinski definition) is 1. The van der Waals surface area contributed by atoms with Crippen molar-refractivity contribution in [1.29, 1.82) is 0 Å². The molecule has 0 fully saturated rings. The van der Waals surface area contributed by atoms with E-state index in [0.29, 0.717) is 0 Å². The standard InChI is InChI=1S/C15H16BrFN2S/c1-2-13(18)14(10-5-7-11(17)8-6-10)20-15-12(16)4-3-9-19-15/h3-9,13-14H,2,18H2,1H3. The molecule has 0 saturated heterocycles. The molecule has 0 radical (unpaired) electrons. The normalized spacial score (nSPS) is 14.0. The van der Waals surface area contributed by atoms with E-state index in [0.717, 1.165) is 21.5 Å². The molecule has 2 atom stereocenters. The molecule has 20 heavy (non-hydrogen) atoms. The van der Waals surface area contributed by atoms with Crippen molar-refractivity contribution in [3.05, 3.63) is 58.4 Å². The second kappa shape index (κ2) is 7.20. The van der Waals surface area contributed by atoms with Gasteiger partial charge in [-0.05, 0) is 52.2 Å². The molecule has 0 amide bonds. The van der Waals surface area contributed by atoms with Gasteiger partial charge < -0.3 is 5.73 Å². The third kappa shape index (κ3) is 3.81. The molecule has 1 aromatic heterocycles. The Kier molecular flexibility index (Phi) is 5.57. The van der Waals surface area contributed by atoms with Crippen LogP contribution in [0.4, 0.5) is 4.39 Å². The summed E-state index contributed by atoms with van der Waals surface area (Å²) in [5.41, 5.74) is 7.24. The van der Waals surface area contributed by atoms with Gasteiger partial charge in [-0.1, -0.05) is 30.8 Å². The Bertz CT molecular complexity index is 562. The number of benzene rings is 1. The van der Waals surface area contributed by atoms with Crippen LogP contribution in [0.25, 0.3) is 0 Å². The molecule has 2 rings (SSSR count). The summed E-state index contributed by atoms with van der Waals surface area (Å²) in [6.07, 6.45) is 2.60. The number of hydrogen-bond acceptors (Lipinski definition) is 3.